The number of piperidine rings is 1. The van der Waals surface area contributed by atoms with Crippen LogP contribution in [0.3, 0.4) is 0 Å². The van der Waals surface area contributed by atoms with E-state index in [0.29, 0.717) is 25.9 Å². The first kappa shape index (κ1) is 17.7. The third kappa shape index (κ3) is 3.67. The van der Waals surface area contributed by atoms with Gasteiger partial charge in [-0.05, 0) is 38.1 Å². The summed E-state index contributed by atoms with van der Waals surface area (Å²) in [6.45, 7) is 1.39. The smallest absolute Gasteiger partial charge is 0.436 e. The number of halogens is 5. The minimum Gasteiger partial charge on any atom is -0.486 e. The van der Waals surface area contributed by atoms with Gasteiger partial charge in [0, 0.05) is 5.39 Å². The average molecular weight is 351 g/mol. The minimum atomic E-state index is -4.86. The number of nitrogens with one attached hydrogen (secondary N) is 1. The highest BCUT2D eigenvalue weighted by molar-refractivity contribution is 5.86. The van der Waals surface area contributed by atoms with Crippen LogP contribution in [0.5, 0.6) is 5.75 Å². The van der Waals surface area contributed by atoms with E-state index in [1.165, 1.54) is 12.1 Å². The molecule has 0 aliphatic carbocycles. The molecule has 126 valence electrons. The van der Waals surface area contributed by atoms with E-state index in [9.17, 15) is 17.6 Å². The molecule has 2 aromatic rings. The van der Waals surface area contributed by atoms with Crippen LogP contribution in [-0.2, 0) is 6.18 Å². The molecule has 3 rings (SSSR count). The Bertz CT molecular complexity index is 687. The number of ether oxygens (including phenoxy) is 1. The van der Waals surface area contributed by atoms with Gasteiger partial charge in [0.05, 0.1) is 5.52 Å². The number of rotatable bonds is 2. The predicted octanol–water partition coefficient (Wildman–Crippen LogP) is 3.95. The Morgan fingerprint density at radius 2 is 1.78 bits per heavy atom. The third-order valence-corrected chi connectivity index (χ3v) is 3.63. The summed E-state index contributed by atoms with van der Waals surface area (Å²) in [5.74, 6) is -1.80. The maximum Gasteiger partial charge on any atom is 0.436 e. The number of benzene rings is 1. The summed E-state index contributed by atoms with van der Waals surface area (Å²) in [4.78, 5) is 3.41. The first-order chi connectivity index (χ1) is 10.5. The molecule has 0 atom stereocenters. The molecule has 0 saturated carbocycles. The maximum absolute atomic E-state index is 14.3. The fourth-order valence-electron chi connectivity index (χ4n) is 2.54. The molecule has 1 fully saturated rings. The van der Waals surface area contributed by atoms with Crippen molar-refractivity contribution >= 4 is 23.3 Å². The molecule has 1 saturated heterocycles. The number of para-hydroxylation sites is 1. The number of fused-ring (bicyclic) bond motifs is 1. The van der Waals surface area contributed by atoms with Crippen molar-refractivity contribution in [3.05, 3.63) is 35.8 Å². The van der Waals surface area contributed by atoms with Gasteiger partial charge in [0.15, 0.2) is 17.3 Å². The first-order valence-corrected chi connectivity index (χ1v) is 6.99. The molecular formula is C15H15ClF4N2O. The summed E-state index contributed by atoms with van der Waals surface area (Å²) in [5.41, 5.74) is -1.46. The quantitative estimate of drug-likeness (QED) is 0.833. The van der Waals surface area contributed by atoms with Crippen molar-refractivity contribution in [3.63, 3.8) is 0 Å². The van der Waals surface area contributed by atoms with Gasteiger partial charge in [0.2, 0.25) is 0 Å². The lowest BCUT2D eigenvalue weighted by molar-refractivity contribution is -0.143. The fourth-order valence-corrected chi connectivity index (χ4v) is 2.54. The van der Waals surface area contributed by atoms with Crippen LogP contribution < -0.4 is 10.1 Å². The van der Waals surface area contributed by atoms with Crippen LogP contribution >= 0.6 is 12.4 Å². The van der Waals surface area contributed by atoms with Crippen LogP contribution in [0, 0.1) is 5.82 Å². The number of aromatic nitrogens is 1. The Balaban J connectivity index is 0.00000192. The SMILES string of the molecule is Cl.Fc1c(C(F)(F)F)nc2ccccc2c1OC1CCNCC1. The number of hydrogen-bond donors (Lipinski definition) is 1. The van der Waals surface area contributed by atoms with Crippen molar-refractivity contribution in [2.24, 2.45) is 0 Å². The van der Waals surface area contributed by atoms with Gasteiger partial charge in [0.25, 0.3) is 0 Å². The highest BCUT2D eigenvalue weighted by atomic mass is 35.5. The molecule has 0 radical (unpaired) electrons. The van der Waals surface area contributed by atoms with E-state index in [-0.39, 0.29) is 35.2 Å². The summed E-state index contributed by atoms with van der Waals surface area (Å²) < 4.78 is 58.8. The zero-order valence-corrected chi connectivity index (χ0v) is 12.8. The standard InChI is InChI=1S/C15H14F4N2O.ClH/c16-12-13(22-9-5-7-20-8-6-9)10-3-1-2-4-11(10)21-14(12)15(17,18)19;/h1-4,9,20H,5-8H2;1H. The van der Waals surface area contributed by atoms with E-state index in [0.717, 1.165) is 0 Å². The minimum absolute atomic E-state index is 0. The van der Waals surface area contributed by atoms with Crippen LogP contribution in [0.2, 0.25) is 0 Å². The summed E-state index contributed by atoms with van der Waals surface area (Å²) in [6.07, 6.45) is -3.92. The molecular weight excluding hydrogens is 336 g/mol. The van der Waals surface area contributed by atoms with Gasteiger partial charge < -0.3 is 10.1 Å². The summed E-state index contributed by atoms with van der Waals surface area (Å²) >= 11 is 0. The molecule has 1 N–H and O–H groups in total. The van der Waals surface area contributed by atoms with E-state index in [1.807, 2.05) is 0 Å². The van der Waals surface area contributed by atoms with Crippen LogP contribution in [0.25, 0.3) is 10.9 Å². The largest absolute Gasteiger partial charge is 0.486 e. The van der Waals surface area contributed by atoms with Gasteiger partial charge in [-0.3, -0.25) is 0 Å². The molecule has 8 heteroatoms. The van der Waals surface area contributed by atoms with Crippen molar-refractivity contribution < 1.29 is 22.3 Å². The molecule has 0 spiro atoms. The molecule has 2 heterocycles. The van der Waals surface area contributed by atoms with E-state index in [2.05, 4.69) is 10.3 Å². The monoisotopic (exact) mass is 350 g/mol. The second-order valence-electron chi connectivity index (χ2n) is 5.19. The van der Waals surface area contributed by atoms with Crippen molar-refractivity contribution in [2.45, 2.75) is 25.1 Å². The van der Waals surface area contributed by atoms with Crippen molar-refractivity contribution in [3.8, 4) is 5.75 Å². The van der Waals surface area contributed by atoms with E-state index < -0.39 is 17.7 Å². The van der Waals surface area contributed by atoms with E-state index in [4.69, 9.17) is 4.74 Å². The van der Waals surface area contributed by atoms with Crippen LogP contribution in [0.4, 0.5) is 17.6 Å². The number of pyridine rings is 1. The van der Waals surface area contributed by atoms with Gasteiger partial charge in [-0.25, -0.2) is 9.37 Å². The van der Waals surface area contributed by atoms with Crippen LogP contribution in [-0.4, -0.2) is 24.2 Å². The second-order valence-corrected chi connectivity index (χ2v) is 5.19. The Labute approximate surface area is 136 Å². The fraction of sp³-hybridized carbons (Fsp3) is 0.400. The summed E-state index contributed by atoms with van der Waals surface area (Å²) in [6, 6.07) is 6.11. The topological polar surface area (TPSA) is 34.1 Å². The van der Waals surface area contributed by atoms with E-state index >= 15 is 0 Å². The molecule has 23 heavy (non-hydrogen) atoms. The van der Waals surface area contributed by atoms with Crippen molar-refractivity contribution in [2.75, 3.05) is 13.1 Å². The molecule has 1 aromatic carbocycles. The Hall–Kier alpha value is -1.60. The number of nitrogens with zero attached hydrogens (tertiary/aromatic N) is 1. The summed E-state index contributed by atoms with van der Waals surface area (Å²) in [5, 5.41) is 3.38. The third-order valence-electron chi connectivity index (χ3n) is 3.63. The lowest BCUT2D eigenvalue weighted by Gasteiger charge is -2.25. The van der Waals surface area contributed by atoms with Gasteiger partial charge in [0.1, 0.15) is 6.10 Å². The first-order valence-electron chi connectivity index (χ1n) is 6.99. The zero-order chi connectivity index (χ0) is 15.7. The summed E-state index contributed by atoms with van der Waals surface area (Å²) in [7, 11) is 0. The molecule has 0 unspecified atom stereocenters. The molecule has 1 aliphatic rings. The molecule has 1 aromatic heterocycles. The number of hydrogen-bond acceptors (Lipinski definition) is 3. The highest BCUT2D eigenvalue weighted by Crippen LogP contribution is 2.38. The van der Waals surface area contributed by atoms with Gasteiger partial charge in [-0.2, -0.15) is 13.2 Å². The normalized spacial score (nSPS) is 16.2. The Morgan fingerprint density at radius 1 is 1.13 bits per heavy atom. The molecule has 3 nitrogen and oxygen atoms in total. The van der Waals surface area contributed by atoms with E-state index in [1.54, 1.807) is 12.1 Å². The maximum atomic E-state index is 14.3. The van der Waals surface area contributed by atoms with Gasteiger partial charge >= 0.3 is 6.18 Å². The highest BCUT2D eigenvalue weighted by Gasteiger charge is 2.39. The zero-order valence-electron chi connectivity index (χ0n) is 12.0. The molecule has 0 amide bonds. The average Bonchev–Trinajstić information content (AvgIpc) is 2.50. The molecule has 0 bridgehead atoms. The van der Waals surface area contributed by atoms with Gasteiger partial charge in [-0.15, -0.1) is 12.4 Å². The lowest BCUT2D eigenvalue weighted by atomic mass is 10.1. The molecule has 1 aliphatic heterocycles. The van der Waals surface area contributed by atoms with Crippen molar-refractivity contribution in [1.82, 2.24) is 10.3 Å². The van der Waals surface area contributed by atoms with Crippen LogP contribution in [0.15, 0.2) is 24.3 Å². The Kier molecular flexibility index (Phi) is 5.31. The van der Waals surface area contributed by atoms with Crippen LogP contribution in [0.1, 0.15) is 18.5 Å². The predicted molar refractivity (Wildman–Crippen MR) is 80.5 cm³/mol. The Morgan fingerprint density at radius 3 is 2.43 bits per heavy atom. The second kappa shape index (κ2) is 6.88. The lowest BCUT2D eigenvalue weighted by Crippen LogP contribution is -2.34. The number of alkyl halides is 3. The van der Waals surface area contributed by atoms with Gasteiger partial charge in [-0.1, -0.05) is 12.1 Å². The van der Waals surface area contributed by atoms with Crippen molar-refractivity contribution in [1.29, 1.82) is 0 Å².